The van der Waals surface area contributed by atoms with Gasteiger partial charge in [0.05, 0.1) is 10.8 Å². The van der Waals surface area contributed by atoms with E-state index in [2.05, 4.69) is 0 Å². The highest BCUT2D eigenvalue weighted by molar-refractivity contribution is 7.16. The molecule has 2 heterocycles. The monoisotopic (exact) mass is 314 g/mol. The molecular weight excluding hydrogens is 296 g/mol. The van der Waals surface area contributed by atoms with Crippen molar-refractivity contribution in [2.45, 2.75) is 20.3 Å². The molecule has 0 unspecified atom stereocenters. The summed E-state index contributed by atoms with van der Waals surface area (Å²) in [5, 5.41) is 0. The van der Waals surface area contributed by atoms with Crippen LogP contribution in [0.15, 0.2) is 12.1 Å². The molecule has 2 amide bonds. The molecule has 110 valence electrons. The van der Waals surface area contributed by atoms with Crippen LogP contribution in [0.1, 0.15) is 18.7 Å². The van der Waals surface area contributed by atoms with Crippen LogP contribution in [0, 0.1) is 5.92 Å². The number of carbonyl (C=O) groups excluding carboxylic acids is 2. The van der Waals surface area contributed by atoms with Gasteiger partial charge in [0.15, 0.2) is 0 Å². The Bertz CT molecular complexity index is 493. The third-order valence-electron chi connectivity index (χ3n) is 3.39. The molecule has 0 aliphatic carbocycles. The molecule has 0 N–H and O–H groups in total. The maximum atomic E-state index is 12.2. The fraction of sp³-hybridized carbons (Fsp3) is 0.571. The van der Waals surface area contributed by atoms with Gasteiger partial charge in [0.1, 0.15) is 0 Å². The van der Waals surface area contributed by atoms with Crippen molar-refractivity contribution in [1.82, 2.24) is 9.80 Å². The highest BCUT2D eigenvalue weighted by Gasteiger charge is 2.25. The topological polar surface area (TPSA) is 40.6 Å². The number of rotatable bonds is 3. The molecule has 1 fully saturated rings. The summed E-state index contributed by atoms with van der Waals surface area (Å²) in [6, 6.07) is 3.71. The molecule has 1 aliphatic heterocycles. The maximum Gasteiger partial charge on any atom is 0.227 e. The predicted molar refractivity (Wildman–Crippen MR) is 81.0 cm³/mol. The van der Waals surface area contributed by atoms with Crippen molar-refractivity contribution in [3.63, 3.8) is 0 Å². The van der Waals surface area contributed by atoms with Gasteiger partial charge < -0.3 is 9.80 Å². The van der Waals surface area contributed by atoms with E-state index < -0.39 is 0 Å². The molecule has 0 aromatic carbocycles. The van der Waals surface area contributed by atoms with E-state index in [0.717, 1.165) is 4.88 Å². The molecule has 0 atom stereocenters. The van der Waals surface area contributed by atoms with Gasteiger partial charge in [-0.1, -0.05) is 25.4 Å². The number of nitrogens with zero attached hydrogens (tertiary/aromatic N) is 2. The van der Waals surface area contributed by atoms with E-state index >= 15 is 0 Å². The van der Waals surface area contributed by atoms with Crippen LogP contribution in [0.4, 0.5) is 0 Å². The highest BCUT2D eigenvalue weighted by Crippen LogP contribution is 2.22. The van der Waals surface area contributed by atoms with Crippen LogP contribution < -0.4 is 0 Å². The average Bonchev–Trinajstić information content (AvgIpc) is 2.83. The normalized spacial score (nSPS) is 15.8. The van der Waals surface area contributed by atoms with Gasteiger partial charge >= 0.3 is 0 Å². The summed E-state index contributed by atoms with van der Waals surface area (Å²) in [6.45, 7) is 6.31. The van der Waals surface area contributed by atoms with Gasteiger partial charge in [-0.25, -0.2) is 0 Å². The van der Waals surface area contributed by atoms with Crippen LogP contribution in [-0.4, -0.2) is 47.8 Å². The number of thiophene rings is 1. The number of amides is 2. The molecule has 1 aliphatic rings. The summed E-state index contributed by atoms with van der Waals surface area (Å²) in [4.78, 5) is 28.7. The summed E-state index contributed by atoms with van der Waals surface area (Å²) >= 11 is 7.31. The third kappa shape index (κ3) is 3.73. The summed E-state index contributed by atoms with van der Waals surface area (Å²) < 4.78 is 0.708. The van der Waals surface area contributed by atoms with Crippen molar-refractivity contribution in [3.8, 4) is 0 Å². The Labute approximate surface area is 128 Å². The minimum Gasteiger partial charge on any atom is -0.339 e. The number of hydrogen-bond acceptors (Lipinski definition) is 3. The second-order valence-corrected chi connectivity index (χ2v) is 7.04. The fourth-order valence-electron chi connectivity index (χ4n) is 2.25. The van der Waals surface area contributed by atoms with Gasteiger partial charge in [0.2, 0.25) is 11.8 Å². The molecule has 0 saturated carbocycles. The molecule has 1 aromatic rings. The summed E-state index contributed by atoms with van der Waals surface area (Å²) in [7, 11) is 0. The lowest BCUT2D eigenvalue weighted by molar-refractivity contribution is -0.141. The molecule has 1 aromatic heterocycles. The molecular formula is C14H19ClN2O2S. The largest absolute Gasteiger partial charge is 0.339 e. The Hall–Kier alpha value is -1.07. The Kier molecular flexibility index (Phi) is 5.05. The number of halogens is 1. The summed E-state index contributed by atoms with van der Waals surface area (Å²) in [6.07, 6.45) is 0.398. The van der Waals surface area contributed by atoms with Gasteiger partial charge in [-0.3, -0.25) is 9.59 Å². The maximum absolute atomic E-state index is 12.2. The lowest BCUT2D eigenvalue weighted by atomic mass is 10.1. The fourth-order valence-corrected chi connectivity index (χ4v) is 3.33. The van der Waals surface area contributed by atoms with Crippen LogP contribution in [0.3, 0.4) is 0 Å². The molecule has 4 nitrogen and oxygen atoms in total. The summed E-state index contributed by atoms with van der Waals surface area (Å²) in [5.74, 6) is 0.299. The number of piperazine rings is 1. The van der Waals surface area contributed by atoms with Crippen LogP contribution in [-0.2, 0) is 16.0 Å². The lowest BCUT2D eigenvalue weighted by Gasteiger charge is -2.35. The van der Waals surface area contributed by atoms with E-state index in [4.69, 9.17) is 11.6 Å². The molecule has 2 rings (SSSR count). The zero-order valence-electron chi connectivity index (χ0n) is 11.8. The minimum atomic E-state index is 0.0190. The Morgan fingerprint density at radius 2 is 1.80 bits per heavy atom. The van der Waals surface area contributed by atoms with Gasteiger partial charge in [0, 0.05) is 37.0 Å². The van der Waals surface area contributed by atoms with Crippen molar-refractivity contribution in [2.24, 2.45) is 5.92 Å². The van der Waals surface area contributed by atoms with E-state index in [1.807, 2.05) is 35.8 Å². The van der Waals surface area contributed by atoms with Crippen LogP contribution in [0.25, 0.3) is 0 Å². The van der Waals surface area contributed by atoms with Crippen molar-refractivity contribution in [2.75, 3.05) is 26.2 Å². The molecule has 1 saturated heterocycles. The van der Waals surface area contributed by atoms with E-state index in [-0.39, 0.29) is 17.7 Å². The second kappa shape index (κ2) is 6.59. The number of carbonyl (C=O) groups is 2. The van der Waals surface area contributed by atoms with E-state index in [1.54, 1.807) is 0 Å². The van der Waals surface area contributed by atoms with Crippen molar-refractivity contribution in [1.29, 1.82) is 0 Å². The van der Waals surface area contributed by atoms with Crippen molar-refractivity contribution < 1.29 is 9.59 Å². The Morgan fingerprint density at radius 3 is 2.30 bits per heavy atom. The van der Waals surface area contributed by atoms with Gasteiger partial charge in [-0.05, 0) is 12.1 Å². The first-order valence-corrected chi connectivity index (χ1v) is 7.97. The van der Waals surface area contributed by atoms with Gasteiger partial charge in [0.25, 0.3) is 0 Å². The lowest BCUT2D eigenvalue weighted by Crippen LogP contribution is -2.51. The predicted octanol–water partition coefficient (Wildman–Crippen LogP) is 2.27. The van der Waals surface area contributed by atoms with Crippen LogP contribution in [0.5, 0.6) is 0 Å². The van der Waals surface area contributed by atoms with E-state index in [0.29, 0.717) is 36.9 Å². The quantitative estimate of drug-likeness (QED) is 0.858. The molecule has 0 spiro atoms. The van der Waals surface area contributed by atoms with Gasteiger partial charge in [-0.15, -0.1) is 11.3 Å². The smallest absolute Gasteiger partial charge is 0.227 e. The molecule has 0 bridgehead atoms. The van der Waals surface area contributed by atoms with Crippen LogP contribution >= 0.6 is 22.9 Å². The third-order valence-corrected chi connectivity index (χ3v) is 4.62. The number of hydrogen-bond donors (Lipinski definition) is 0. The molecule has 6 heteroatoms. The Morgan fingerprint density at radius 1 is 1.20 bits per heavy atom. The van der Waals surface area contributed by atoms with E-state index in [1.165, 1.54) is 11.3 Å². The first-order valence-electron chi connectivity index (χ1n) is 6.78. The first kappa shape index (κ1) is 15.3. The van der Waals surface area contributed by atoms with Gasteiger partial charge in [-0.2, -0.15) is 0 Å². The Balaban J connectivity index is 1.84. The molecule has 20 heavy (non-hydrogen) atoms. The standard InChI is InChI=1S/C14H19ClN2O2S/c1-10(2)14(19)17-7-5-16(6-8-17)13(18)9-11-3-4-12(15)20-11/h3-4,10H,5-9H2,1-2H3. The zero-order chi connectivity index (χ0) is 14.7. The highest BCUT2D eigenvalue weighted by atomic mass is 35.5. The molecule has 0 radical (unpaired) electrons. The van der Waals surface area contributed by atoms with E-state index in [9.17, 15) is 9.59 Å². The average molecular weight is 315 g/mol. The summed E-state index contributed by atoms with van der Waals surface area (Å²) in [5.41, 5.74) is 0. The van der Waals surface area contributed by atoms with Crippen molar-refractivity contribution >= 4 is 34.8 Å². The minimum absolute atomic E-state index is 0.0190. The SMILES string of the molecule is CC(C)C(=O)N1CCN(C(=O)Cc2ccc(Cl)s2)CC1. The van der Waals surface area contributed by atoms with Crippen LogP contribution in [0.2, 0.25) is 4.34 Å². The van der Waals surface area contributed by atoms with Crippen molar-refractivity contribution in [3.05, 3.63) is 21.3 Å². The first-order chi connectivity index (χ1) is 9.47. The second-order valence-electron chi connectivity index (χ2n) is 5.24. The zero-order valence-corrected chi connectivity index (χ0v) is 13.3.